The van der Waals surface area contributed by atoms with Gasteiger partial charge < -0.3 is 9.47 Å². The summed E-state index contributed by atoms with van der Waals surface area (Å²) in [5, 5.41) is 8.77. The van der Waals surface area contributed by atoms with Crippen molar-refractivity contribution in [3.05, 3.63) is 35.2 Å². The lowest BCUT2D eigenvalue weighted by molar-refractivity contribution is 0.174. The molecule has 0 atom stereocenters. The van der Waals surface area contributed by atoms with E-state index in [1.54, 1.807) is 0 Å². The molecule has 3 nitrogen and oxygen atoms in total. The van der Waals surface area contributed by atoms with Crippen LogP contribution in [0.15, 0.2) is 30.3 Å². The Balaban J connectivity index is 2.04. The molecule has 0 spiro atoms. The summed E-state index contributed by atoms with van der Waals surface area (Å²) in [7, 11) is 0. The number of nitriles is 1. The summed E-state index contributed by atoms with van der Waals surface area (Å²) >= 11 is 1.47. The van der Waals surface area contributed by atoms with Crippen molar-refractivity contribution in [3.8, 4) is 28.0 Å². The molecule has 0 aliphatic carbocycles. The highest BCUT2D eigenvalue weighted by molar-refractivity contribution is 7.16. The van der Waals surface area contributed by atoms with Gasteiger partial charge in [0.15, 0.2) is 11.5 Å². The van der Waals surface area contributed by atoms with Crippen LogP contribution in [0.1, 0.15) is 4.88 Å². The van der Waals surface area contributed by atoms with Gasteiger partial charge in [-0.05, 0) is 35.9 Å². The number of rotatable bonds is 1. The molecular weight excluding hydrogens is 222 g/mol. The fourth-order valence-electron chi connectivity index (χ4n) is 1.60. The molecule has 0 saturated carbocycles. The van der Waals surface area contributed by atoms with E-state index in [-0.39, 0.29) is 6.79 Å². The summed E-state index contributed by atoms with van der Waals surface area (Å²) in [6.45, 7) is 0.284. The molecule has 16 heavy (non-hydrogen) atoms. The maximum Gasteiger partial charge on any atom is 0.231 e. The average molecular weight is 229 g/mol. The molecular formula is C12H7NO2S. The minimum atomic E-state index is 0.284. The molecule has 1 aliphatic heterocycles. The second kappa shape index (κ2) is 3.54. The van der Waals surface area contributed by atoms with E-state index in [2.05, 4.69) is 6.07 Å². The standard InChI is InChI=1S/C12H7NO2S/c13-6-9-2-4-12(16-9)8-1-3-10-11(5-8)15-7-14-10/h1-5H,7H2. The Bertz CT molecular complexity index is 583. The van der Waals surface area contributed by atoms with Crippen molar-refractivity contribution in [1.82, 2.24) is 0 Å². The lowest BCUT2D eigenvalue weighted by atomic mass is 10.1. The number of benzene rings is 1. The molecule has 4 heteroatoms. The largest absolute Gasteiger partial charge is 0.454 e. The van der Waals surface area contributed by atoms with Gasteiger partial charge in [0.1, 0.15) is 10.9 Å². The monoisotopic (exact) mass is 229 g/mol. The Hall–Kier alpha value is -1.99. The normalized spacial score (nSPS) is 12.4. The molecule has 0 bridgehead atoms. The topological polar surface area (TPSA) is 42.2 Å². The fraction of sp³-hybridized carbons (Fsp3) is 0.0833. The fourth-order valence-corrected chi connectivity index (χ4v) is 2.40. The van der Waals surface area contributed by atoms with E-state index < -0.39 is 0 Å². The summed E-state index contributed by atoms with van der Waals surface area (Å²) in [5.41, 5.74) is 1.05. The Labute approximate surface area is 96.5 Å². The number of hydrogen-bond donors (Lipinski definition) is 0. The molecule has 0 amide bonds. The molecule has 0 unspecified atom stereocenters. The van der Waals surface area contributed by atoms with Crippen LogP contribution in [0.5, 0.6) is 11.5 Å². The van der Waals surface area contributed by atoms with Gasteiger partial charge in [0.2, 0.25) is 6.79 Å². The molecule has 0 N–H and O–H groups in total. The summed E-state index contributed by atoms with van der Waals surface area (Å²) in [6, 6.07) is 11.7. The quantitative estimate of drug-likeness (QED) is 0.754. The lowest BCUT2D eigenvalue weighted by Crippen LogP contribution is -1.92. The highest BCUT2D eigenvalue weighted by Gasteiger charge is 2.14. The molecule has 0 fully saturated rings. The second-order valence-corrected chi connectivity index (χ2v) is 4.43. The van der Waals surface area contributed by atoms with Gasteiger partial charge in [0, 0.05) is 4.88 Å². The first kappa shape index (κ1) is 9.25. The molecule has 3 rings (SSSR count). The maximum absolute atomic E-state index is 8.77. The Morgan fingerprint density at radius 1 is 1.12 bits per heavy atom. The SMILES string of the molecule is N#Cc1ccc(-c2ccc3c(c2)OCO3)s1. The number of hydrogen-bond acceptors (Lipinski definition) is 4. The van der Waals surface area contributed by atoms with E-state index >= 15 is 0 Å². The van der Waals surface area contributed by atoms with Gasteiger partial charge in [-0.3, -0.25) is 0 Å². The van der Waals surface area contributed by atoms with E-state index in [4.69, 9.17) is 14.7 Å². The van der Waals surface area contributed by atoms with Crippen molar-refractivity contribution in [2.24, 2.45) is 0 Å². The zero-order valence-electron chi connectivity index (χ0n) is 8.27. The third kappa shape index (κ3) is 1.42. The average Bonchev–Trinajstić information content (AvgIpc) is 2.96. The highest BCUT2D eigenvalue weighted by atomic mass is 32.1. The number of ether oxygens (including phenoxy) is 2. The predicted octanol–water partition coefficient (Wildman–Crippen LogP) is 3.02. The molecule has 2 aromatic rings. The molecule has 0 radical (unpaired) electrons. The lowest BCUT2D eigenvalue weighted by Gasteiger charge is -1.99. The third-order valence-corrected chi connectivity index (χ3v) is 3.41. The van der Waals surface area contributed by atoms with Crippen molar-refractivity contribution in [2.75, 3.05) is 6.79 Å². The first-order valence-electron chi connectivity index (χ1n) is 4.77. The Morgan fingerprint density at radius 2 is 2.00 bits per heavy atom. The maximum atomic E-state index is 8.77. The number of thiophene rings is 1. The van der Waals surface area contributed by atoms with Crippen LogP contribution in [-0.2, 0) is 0 Å². The Kier molecular flexibility index (Phi) is 2.05. The summed E-state index contributed by atoms with van der Waals surface area (Å²) < 4.78 is 10.6. The van der Waals surface area contributed by atoms with Crippen molar-refractivity contribution >= 4 is 11.3 Å². The molecule has 1 aromatic carbocycles. The van der Waals surface area contributed by atoms with E-state index in [1.165, 1.54) is 11.3 Å². The summed E-state index contributed by atoms with van der Waals surface area (Å²) in [6.07, 6.45) is 0. The number of fused-ring (bicyclic) bond motifs is 1. The first-order valence-corrected chi connectivity index (χ1v) is 5.58. The zero-order chi connectivity index (χ0) is 11.0. The van der Waals surface area contributed by atoms with E-state index in [1.807, 2.05) is 30.3 Å². The molecule has 2 heterocycles. The zero-order valence-corrected chi connectivity index (χ0v) is 9.08. The van der Waals surface area contributed by atoms with Crippen molar-refractivity contribution < 1.29 is 9.47 Å². The van der Waals surface area contributed by atoms with Crippen molar-refractivity contribution in [3.63, 3.8) is 0 Å². The van der Waals surface area contributed by atoms with Gasteiger partial charge in [-0.15, -0.1) is 11.3 Å². The van der Waals surface area contributed by atoms with Crippen LogP contribution in [0.4, 0.5) is 0 Å². The molecule has 0 saturated heterocycles. The van der Waals surface area contributed by atoms with Crippen LogP contribution >= 0.6 is 11.3 Å². The van der Waals surface area contributed by atoms with Crippen LogP contribution < -0.4 is 9.47 Å². The van der Waals surface area contributed by atoms with Gasteiger partial charge in [0.05, 0.1) is 0 Å². The van der Waals surface area contributed by atoms with Crippen LogP contribution in [-0.4, -0.2) is 6.79 Å². The van der Waals surface area contributed by atoms with Crippen molar-refractivity contribution in [2.45, 2.75) is 0 Å². The van der Waals surface area contributed by atoms with Crippen LogP contribution in [0.25, 0.3) is 10.4 Å². The minimum Gasteiger partial charge on any atom is -0.454 e. The van der Waals surface area contributed by atoms with E-state index in [0.29, 0.717) is 4.88 Å². The first-order chi connectivity index (χ1) is 7.86. The molecule has 1 aliphatic rings. The summed E-state index contributed by atoms with van der Waals surface area (Å²) in [4.78, 5) is 1.78. The van der Waals surface area contributed by atoms with Gasteiger partial charge in [-0.2, -0.15) is 5.26 Å². The van der Waals surface area contributed by atoms with Gasteiger partial charge in [0.25, 0.3) is 0 Å². The van der Waals surface area contributed by atoms with Crippen LogP contribution in [0.3, 0.4) is 0 Å². The number of nitrogens with zero attached hydrogens (tertiary/aromatic N) is 1. The third-order valence-electron chi connectivity index (χ3n) is 2.37. The van der Waals surface area contributed by atoms with Gasteiger partial charge in [-0.1, -0.05) is 0 Å². The molecule has 1 aromatic heterocycles. The predicted molar refractivity (Wildman–Crippen MR) is 60.6 cm³/mol. The highest BCUT2D eigenvalue weighted by Crippen LogP contribution is 2.37. The minimum absolute atomic E-state index is 0.284. The van der Waals surface area contributed by atoms with E-state index in [0.717, 1.165) is 21.9 Å². The Morgan fingerprint density at radius 3 is 2.81 bits per heavy atom. The van der Waals surface area contributed by atoms with Gasteiger partial charge >= 0.3 is 0 Å². The second-order valence-electron chi connectivity index (χ2n) is 3.34. The molecule has 78 valence electrons. The smallest absolute Gasteiger partial charge is 0.231 e. The van der Waals surface area contributed by atoms with E-state index in [9.17, 15) is 0 Å². The van der Waals surface area contributed by atoms with Gasteiger partial charge in [-0.25, -0.2) is 0 Å². The van der Waals surface area contributed by atoms with Crippen molar-refractivity contribution in [1.29, 1.82) is 5.26 Å². The summed E-state index contributed by atoms with van der Waals surface area (Å²) in [5.74, 6) is 1.55. The van der Waals surface area contributed by atoms with Crippen LogP contribution in [0, 0.1) is 11.3 Å². The van der Waals surface area contributed by atoms with Crippen LogP contribution in [0.2, 0.25) is 0 Å².